The van der Waals surface area contributed by atoms with Crippen LogP contribution in [0.25, 0.3) is 16.8 Å². The van der Waals surface area contributed by atoms with E-state index < -0.39 is 0 Å². The highest BCUT2D eigenvalue weighted by molar-refractivity contribution is 6.28. The molecule has 248 valence electrons. The number of aromatic nitrogens is 5. The monoisotopic (exact) mass is 667 g/mol. The topological polar surface area (TPSA) is 116 Å². The fourth-order valence-electron chi connectivity index (χ4n) is 6.92. The van der Waals surface area contributed by atoms with Gasteiger partial charge in [-0.2, -0.15) is 4.52 Å². The summed E-state index contributed by atoms with van der Waals surface area (Å²) >= 11 is 6.09. The molecule has 1 unspecified atom stereocenters. The predicted octanol–water partition coefficient (Wildman–Crippen LogP) is 5.92. The zero-order chi connectivity index (χ0) is 33.4. The number of halogens is 1. The van der Waals surface area contributed by atoms with Crippen molar-refractivity contribution in [1.82, 2.24) is 34.8 Å². The molecule has 2 aliphatic heterocycles. The van der Waals surface area contributed by atoms with Gasteiger partial charge in [-0.3, -0.25) is 9.69 Å². The molecule has 5 heterocycles. The molecule has 2 aromatic carbocycles. The zero-order valence-electron chi connectivity index (χ0n) is 27.3. The minimum Gasteiger partial charge on any atom is -0.361 e. The van der Waals surface area contributed by atoms with Crippen molar-refractivity contribution in [3.8, 4) is 11.1 Å². The Kier molecular flexibility index (Phi) is 8.74. The van der Waals surface area contributed by atoms with E-state index in [2.05, 4.69) is 43.6 Å². The van der Waals surface area contributed by atoms with E-state index in [4.69, 9.17) is 16.1 Å². The second kappa shape index (κ2) is 13.3. The smallest absolute Gasteiger partial charge is 0.325 e. The number of rotatable bonds is 9. The number of hydrogen-bond donors (Lipinski definition) is 0. The first-order valence-electron chi connectivity index (χ1n) is 16.4. The lowest BCUT2D eigenvalue weighted by molar-refractivity contribution is -0.131. The summed E-state index contributed by atoms with van der Waals surface area (Å²) in [4.78, 5) is 34.7. The van der Waals surface area contributed by atoms with Crippen molar-refractivity contribution in [3.05, 3.63) is 88.5 Å². The van der Waals surface area contributed by atoms with Crippen LogP contribution >= 0.6 is 11.6 Å². The van der Waals surface area contributed by atoms with Crippen molar-refractivity contribution in [2.45, 2.75) is 45.6 Å². The number of hydrogen-bond acceptors (Lipinski definition) is 8. The molecule has 3 amide bonds. The van der Waals surface area contributed by atoms with E-state index >= 15 is 0 Å². The van der Waals surface area contributed by atoms with E-state index in [-0.39, 0.29) is 23.3 Å². The average Bonchev–Trinajstić information content (AvgIpc) is 3.66. The van der Waals surface area contributed by atoms with Crippen molar-refractivity contribution in [2.75, 3.05) is 49.6 Å². The Labute approximate surface area is 283 Å². The highest BCUT2D eigenvalue weighted by atomic mass is 35.5. The maximum atomic E-state index is 13.8. The Morgan fingerprint density at radius 2 is 1.75 bits per heavy atom. The molecule has 3 aromatic heterocycles. The van der Waals surface area contributed by atoms with Crippen LogP contribution in [0.4, 0.5) is 16.3 Å². The average molecular weight is 668 g/mol. The first-order chi connectivity index (χ1) is 23.3. The van der Waals surface area contributed by atoms with Gasteiger partial charge in [0, 0.05) is 57.3 Å². The molecule has 1 fully saturated rings. The molecule has 13 heteroatoms. The van der Waals surface area contributed by atoms with Crippen molar-refractivity contribution in [1.29, 1.82) is 0 Å². The van der Waals surface area contributed by atoms with Crippen LogP contribution < -0.4 is 9.80 Å². The number of benzene rings is 2. The summed E-state index contributed by atoms with van der Waals surface area (Å²) in [7, 11) is 1.84. The minimum absolute atomic E-state index is 0.0319. The number of urea groups is 1. The second-order valence-electron chi connectivity index (χ2n) is 12.4. The van der Waals surface area contributed by atoms with Crippen LogP contribution in [-0.2, 0) is 4.79 Å². The first kappa shape index (κ1) is 31.6. The Bertz CT molecular complexity index is 1930. The third kappa shape index (κ3) is 5.96. The molecule has 48 heavy (non-hydrogen) atoms. The zero-order valence-corrected chi connectivity index (χ0v) is 28.1. The molecule has 7 rings (SSSR count). The number of fused-ring (bicyclic) bond motifs is 2. The molecule has 0 aliphatic carbocycles. The van der Waals surface area contributed by atoms with Crippen molar-refractivity contribution in [3.63, 3.8) is 0 Å². The van der Waals surface area contributed by atoms with Gasteiger partial charge in [0.15, 0.2) is 5.65 Å². The SMILES string of the molecule is Cc1noc(C)c1-c1ccc2c(c1)C(c1ccccc1)N(CCCCCC(=O)N1CCN(c3ccc4nnc(Cl)n4n3)CC1)C(=O)N2C. The molecule has 2 aliphatic rings. The standard InChI is InChI=1S/C35H38ClN9O3/c1-23-32(24(2)48-40-23)26-13-14-28-27(22-26)33(25-10-6-4-7-11-25)44(35(47)41(28)3)17-9-5-8-12-31(46)43-20-18-42(19-21-43)30-16-15-29-37-38-34(36)45(29)39-30/h4,6-7,10-11,13-16,22,33H,5,8-9,12,17-21H2,1-3H3. The van der Waals surface area contributed by atoms with E-state index in [1.807, 2.05) is 73.2 Å². The summed E-state index contributed by atoms with van der Waals surface area (Å²) in [6.07, 6.45) is 2.89. The van der Waals surface area contributed by atoms with Gasteiger partial charge < -0.3 is 19.2 Å². The van der Waals surface area contributed by atoms with Crippen molar-refractivity contribution >= 4 is 40.7 Å². The van der Waals surface area contributed by atoms with Crippen LogP contribution in [0.1, 0.15) is 54.3 Å². The number of amides is 3. The van der Waals surface area contributed by atoms with Crippen LogP contribution in [0.15, 0.2) is 65.2 Å². The number of unbranched alkanes of at least 4 members (excludes halogenated alkanes) is 2. The van der Waals surface area contributed by atoms with Crippen LogP contribution in [-0.4, -0.2) is 86.5 Å². The normalized spacial score (nSPS) is 16.6. The fourth-order valence-corrected chi connectivity index (χ4v) is 7.09. The molecule has 5 aromatic rings. The van der Waals surface area contributed by atoms with Gasteiger partial charge in [0.2, 0.25) is 11.2 Å². The van der Waals surface area contributed by atoms with Crippen LogP contribution in [0.5, 0.6) is 0 Å². The van der Waals surface area contributed by atoms with E-state index in [1.165, 1.54) is 4.52 Å². The second-order valence-corrected chi connectivity index (χ2v) is 12.8. The molecule has 0 spiro atoms. The molecule has 0 radical (unpaired) electrons. The summed E-state index contributed by atoms with van der Waals surface area (Å²) < 4.78 is 6.98. The summed E-state index contributed by atoms with van der Waals surface area (Å²) in [6, 6.07) is 19.9. The van der Waals surface area contributed by atoms with Gasteiger partial charge in [-0.05, 0) is 73.7 Å². The van der Waals surface area contributed by atoms with Gasteiger partial charge in [-0.15, -0.1) is 15.3 Å². The maximum Gasteiger partial charge on any atom is 0.325 e. The number of carbonyl (C=O) groups is 2. The quantitative estimate of drug-likeness (QED) is 0.178. The molecule has 0 N–H and O–H groups in total. The maximum absolute atomic E-state index is 13.8. The number of aryl methyl sites for hydroxylation is 2. The minimum atomic E-state index is -0.237. The first-order valence-corrected chi connectivity index (χ1v) is 16.7. The van der Waals surface area contributed by atoms with Gasteiger partial charge >= 0.3 is 6.03 Å². The van der Waals surface area contributed by atoms with E-state index in [1.54, 1.807) is 4.90 Å². The molecule has 1 atom stereocenters. The molecular weight excluding hydrogens is 630 g/mol. The third-order valence-corrected chi connectivity index (χ3v) is 9.66. The van der Waals surface area contributed by atoms with E-state index in [9.17, 15) is 9.59 Å². The molecule has 1 saturated heterocycles. The molecule has 0 bridgehead atoms. The predicted molar refractivity (Wildman–Crippen MR) is 183 cm³/mol. The molecule has 0 saturated carbocycles. The Morgan fingerprint density at radius 3 is 2.50 bits per heavy atom. The van der Waals surface area contributed by atoms with Gasteiger partial charge in [-0.1, -0.05) is 48.0 Å². The summed E-state index contributed by atoms with van der Waals surface area (Å²) in [6.45, 7) is 7.10. The Balaban J connectivity index is 0.976. The lowest BCUT2D eigenvalue weighted by Gasteiger charge is -2.42. The van der Waals surface area contributed by atoms with Crippen LogP contribution in [0.3, 0.4) is 0 Å². The van der Waals surface area contributed by atoms with Gasteiger partial charge in [0.05, 0.1) is 17.4 Å². The van der Waals surface area contributed by atoms with Gasteiger partial charge in [-0.25, -0.2) is 4.79 Å². The van der Waals surface area contributed by atoms with Crippen LogP contribution in [0, 0.1) is 13.8 Å². The highest BCUT2D eigenvalue weighted by Crippen LogP contribution is 2.43. The molecule has 12 nitrogen and oxygen atoms in total. The highest BCUT2D eigenvalue weighted by Gasteiger charge is 2.37. The third-order valence-electron chi connectivity index (χ3n) is 9.42. The van der Waals surface area contributed by atoms with Crippen LogP contribution in [0.2, 0.25) is 5.28 Å². The summed E-state index contributed by atoms with van der Waals surface area (Å²) in [5.74, 6) is 1.71. The fraction of sp³-hybridized carbons (Fsp3) is 0.371. The Hall–Kier alpha value is -4.97. The Morgan fingerprint density at radius 1 is 0.958 bits per heavy atom. The van der Waals surface area contributed by atoms with Gasteiger partial charge in [0.1, 0.15) is 11.6 Å². The lowest BCUT2D eigenvalue weighted by Crippen LogP contribution is -2.49. The molecular formula is C35H38ClN9O3. The lowest BCUT2D eigenvalue weighted by atomic mass is 9.90. The number of nitrogens with zero attached hydrogens (tertiary/aromatic N) is 9. The van der Waals surface area contributed by atoms with E-state index in [0.29, 0.717) is 44.8 Å². The van der Waals surface area contributed by atoms with E-state index in [0.717, 1.165) is 64.5 Å². The number of carbonyl (C=O) groups excluding carboxylic acids is 2. The summed E-state index contributed by atoms with van der Waals surface area (Å²) in [5.41, 5.74) is 6.45. The summed E-state index contributed by atoms with van der Waals surface area (Å²) in [5, 5.41) is 16.8. The largest absolute Gasteiger partial charge is 0.361 e. The number of piperazine rings is 1. The van der Waals surface area contributed by atoms with Crippen molar-refractivity contribution in [2.24, 2.45) is 0 Å². The van der Waals surface area contributed by atoms with Gasteiger partial charge in [0.25, 0.3) is 0 Å². The van der Waals surface area contributed by atoms with Crippen molar-refractivity contribution < 1.29 is 14.1 Å². The number of anilines is 2.